The maximum absolute atomic E-state index is 12.5. The molecular formula is C19H23ClN2O3S. The lowest BCUT2D eigenvalue weighted by atomic mass is 10.1. The monoisotopic (exact) mass is 394 g/mol. The van der Waals surface area contributed by atoms with Crippen molar-refractivity contribution in [3.63, 3.8) is 0 Å². The summed E-state index contributed by atoms with van der Waals surface area (Å²) in [4.78, 5) is 12.5. The summed E-state index contributed by atoms with van der Waals surface area (Å²) >= 11 is 0. The van der Waals surface area contributed by atoms with Gasteiger partial charge >= 0.3 is 0 Å². The van der Waals surface area contributed by atoms with Crippen LogP contribution in [0.4, 0.5) is 0 Å². The van der Waals surface area contributed by atoms with Crippen LogP contribution in [-0.2, 0) is 15.6 Å². The smallest absolute Gasteiger partial charge is 0.251 e. The molecule has 1 aliphatic heterocycles. The molecule has 0 spiro atoms. The van der Waals surface area contributed by atoms with Crippen molar-refractivity contribution < 1.29 is 13.2 Å². The highest BCUT2D eigenvalue weighted by atomic mass is 35.5. The van der Waals surface area contributed by atoms with E-state index in [4.69, 9.17) is 0 Å². The zero-order chi connectivity index (χ0) is 17.7. The summed E-state index contributed by atoms with van der Waals surface area (Å²) in [7, 11) is -3.42. The van der Waals surface area contributed by atoms with Crippen LogP contribution in [0, 0.1) is 0 Å². The number of hydrogen-bond donors (Lipinski definition) is 2. The first-order valence-electron chi connectivity index (χ1n) is 8.43. The number of benzene rings is 2. The molecule has 3 rings (SSSR count). The van der Waals surface area contributed by atoms with E-state index >= 15 is 0 Å². The number of piperidine rings is 1. The number of sulfone groups is 1. The molecule has 1 atom stereocenters. The summed E-state index contributed by atoms with van der Waals surface area (Å²) in [5.74, 6) is -0.214. The van der Waals surface area contributed by atoms with Gasteiger partial charge in [0.15, 0.2) is 9.84 Å². The Kier molecular flexibility index (Phi) is 7.20. The SMILES string of the molecule is Cl.O=C(NC1CCCNC1)c1ccc(S(=O)(=O)Cc2ccccc2)cc1. The van der Waals surface area contributed by atoms with Gasteiger partial charge in [0.1, 0.15) is 0 Å². The fourth-order valence-corrected chi connectivity index (χ4v) is 4.28. The van der Waals surface area contributed by atoms with E-state index < -0.39 is 9.84 Å². The molecule has 1 amide bonds. The summed E-state index contributed by atoms with van der Waals surface area (Å²) in [6.45, 7) is 1.76. The van der Waals surface area contributed by atoms with Gasteiger partial charge in [-0.15, -0.1) is 12.4 Å². The Morgan fingerprint density at radius 1 is 1.08 bits per heavy atom. The van der Waals surface area contributed by atoms with Crippen LogP contribution >= 0.6 is 12.4 Å². The van der Waals surface area contributed by atoms with Crippen LogP contribution in [0.25, 0.3) is 0 Å². The third kappa shape index (κ3) is 5.30. The lowest BCUT2D eigenvalue weighted by molar-refractivity contribution is 0.0930. The minimum atomic E-state index is -3.42. The lowest BCUT2D eigenvalue weighted by Crippen LogP contribution is -2.45. The van der Waals surface area contributed by atoms with Crippen molar-refractivity contribution in [2.75, 3.05) is 13.1 Å². The van der Waals surface area contributed by atoms with Crippen LogP contribution in [0.1, 0.15) is 28.8 Å². The molecule has 1 fully saturated rings. The van der Waals surface area contributed by atoms with Gasteiger partial charge in [0.25, 0.3) is 5.91 Å². The molecule has 0 aliphatic carbocycles. The summed E-state index contributed by atoms with van der Waals surface area (Å²) in [6.07, 6.45) is 2.00. The van der Waals surface area contributed by atoms with E-state index in [0.29, 0.717) is 5.56 Å². The molecule has 0 aromatic heterocycles. The molecule has 1 heterocycles. The fourth-order valence-electron chi connectivity index (χ4n) is 2.93. The fraction of sp³-hybridized carbons (Fsp3) is 0.316. The van der Waals surface area contributed by atoms with Crippen LogP contribution in [0.3, 0.4) is 0 Å². The van der Waals surface area contributed by atoms with E-state index in [9.17, 15) is 13.2 Å². The van der Waals surface area contributed by atoms with Gasteiger partial charge in [-0.25, -0.2) is 8.42 Å². The highest BCUT2D eigenvalue weighted by Gasteiger charge is 2.18. The molecule has 1 unspecified atom stereocenters. The quantitative estimate of drug-likeness (QED) is 0.817. The Labute approximate surface area is 160 Å². The second-order valence-electron chi connectivity index (χ2n) is 6.29. The van der Waals surface area contributed by atoms with Crippen molar-refractivity contribution in [2.45, 2.75) is 29.5 Å². The first-order valence-corrected chi connectivity index (χ1v) is 10.1. The number of carbonyl (C=O) groups excluding carboxylic acids is 1. The van der Waals surface area contributed by atoms with Gasteiger partial charge < -0.3 is 10.6 Å². The molecule has 2 aromatic carbocycles. The number of halogens is 1. The van der Waals surface area contributed by atoms with Crippen molar-refractivity contribution >= 4 is 28.2 Å². The van der Waals surface area contributed by atoms with Gasteiger partial charge in [0.05, 0.1) is 10.6 Å². The lowest BCUT2D eigenvalue weighted by Gasteiger charge is -2.23. The first-order chi connectivity index (χ1) is 12.0. The van der Waals surface area contributed by atoms with Gasteiger partial charge in [0.2, 0.25) is 0 Å². The van der Waals surface area contributed by atoms with Crippen LogP contribution in [0.5, 0.6) is 0 Å². The van der Waals surface area contributed by atoms with E-state index in [-0.39, 0.29) is 35.0 Å². The first kappa shape index (κ1) is 20.4. The van der Waals surface area contributed by atoms with Gasteiger partial charge in [0, 0.05) is 18.2 Å². The third-order valence-electron chi connectivity index (χ3n) is 4.31. The third-order valence-corrected chi connectivity index (χ3v) is 6.01. The Morgan fingerprint density at radius 2 is 1.77 bits per heavy atom. The number of rotatable bonds is 5. The molecular weight excluding hydrogens is 372 g/mol. The summed E-state index contributed by atoms with van der Waals surface area (Å²) in [5, 5.41) is 6.23. The van der Waals surface area contributed by atoms with Crippen molar-refractivity contribution in [3.05, 3.63) is 65.7 Å². The average molecular weight is 395 g/mol. The molecule has 0 saturated carbocycles. The molecule has 5 nitrogen and oxygen atoms in total. The molecule has 140 valence electrons. The van der Waals surface area contributed by atoms with Crippen molar-refractivity contribution in [1.82, 2.24) is 10.6 Å². The molecule has 2 aromatic rings. The minimum absolute atomic E-state index is 0. The Balaban J connectivity index is 0.00000243. The van der Waals surface area contributed by atoms with Gasteiger partial charge in [-0.1, -0.05) is 30.3 Å². The summed E-state index contributed by atoms with van der Waals surface area (Å²) < 4.78 is 25.0. The zero-order valence-electron chi connectivity index (χ0n) is 14.4. The largest absolute Gasteiger partial charge is 0.348 e. The average Bonchev–Trinajstić information content (AvgIpc) is 2.63. The van der Waals surface area contributed by atoms with Gasteiger partial charge in [-0.05, 0) is 49.2 Å². The molecule has 7 heteroatoms. The highest BCUT2D eigenvalue weighted by Crippen LogP contribution is 2.17. The molecule has 2 N–H and O–H groups in total. The number of nitrogens with one attached hydrogen (secondary N) is 2. The van der Waals surface area contributed by atoms with E-state index in [1.54, 1.807) is 24.3 Å². The number of carbonyl (C=O) groups is 1. The molecule has 0 bridgehead atoms. The van der Waals surface area contributed by atoms with Crippen LogP contribution in [0.15, 0.2) is 59.5 Å². The Morgan fingerprint density at radius 3 is 2.38 bits per heavy atom. The number of hydrogen-bond acceptors (Lipinski definition) is 4. The van der Waals surface area contributed by atoms with E-state index in [1.807, 2.05) is 18.2 Å². The zero-order valence-corrected chi connectivity index (χ0v) is 16.0. The molecule has 26 heavy (non-hydrogen) atoms. The topological polar surface area (TPSA) is 75.3 Å². The van der Waals surface area contributed by atoms with Crippen LogP contribution < -0.4 is 10.6 Å². The molecule has 1 aliphatic rings. The van der Waals surface area contributed by atoms with Crippen LogP contribution in [-0.4, -0.2) is 33.5 Å². The standard InChI is InChI=1S/C19H22N2O3S.ClH/c22-19(21-17-7-4-12-20-13-17)16-8-10-18(11-9-16)25(23,24)14-15-5-2-1-3-6-15;/h1-3,5-6,8-11,17,20H,4,7,12-14H2,(H,21,22);1H. The Hall–Kier alpha value is -1.89. The van der Waals surface area contributed by atoms with Crippen molar-refractivity contribution in [1.29, 1.82) is 0 Å². The van der Waals surface area contributed by atoms with E-state index in [1.165, 1.54) is 12.1 Å². The highest BCUT2D eigenvalue weighted by molar-refractivity contribution is 7.90. The van der Waals surface area contributed by atoms with Crippen molar-refractivity contribution in [2.24, 2.45) is 0 Å². The number of amides is 1. The second kappa shape index (κ2) is 9.16. The van der Waals surface area contributed by atoms with Crippen LogP contribution in [0.2, 0.25) is 0 Å². The maximum Gasteiger partial charge on any atom is 0.251 e. The Bertz CT molecular complexity index is 818. The van der Waals surface area contributed by atoms with Gasteiger partial charge in [-0.2, -0.15) is 0 Å². The second-order valence-corrected chi connectivity index (χ2v) is 8.28. The molecule has 0 radical (unpaired) electrons. The minimum Gasteiger partial charge on any atom is -0.348 e. The predicted octanol–water partition coefficient (Wildman–Crippen LogP) is 2.56. The van der Waals surface area contributed by atoms with Gasteiger partial charge in [-0.3, -0.25) is 4.79 Å². The molecule has 1 saturated heterocycles. The van der Waals surface area contributed by atoms with Crippen molar-refractivity contribution in [3.8, 4) is 0 Å². The predicted molar refractivity (Wildman–Crippen MR) is 104 cm³/mol. The summed E-state index contributed by atoms with van der Waals surface area (Å²) in [5.41, 5.74) is 1.22. The summed E-state index contributed by atoms with van der Waals surface area (Å²) in [6, 6.07) is 15.4. The maximum atomic E-state index is 12.5. The normalized spacial score (nSPS) is 17.2. The van der Waals surface area contributed by atoms with E-state index in [0.717, 1.165) is 31.5 Å². The van der Waals surface area contributed by atoms with E-state index in [2.05, 4.69) is 10.6 Å².